The lowest BCUT2D eigenvalue weighted by Crippen LogP contribution is -2.38. The van der Waals surface area contributed by atoms with Crippen molar-refractivity contribution in [2.75, 3.05) is 25.5 Å². The number of hydrogen-bond donors (Lipinski definition) is 2. The SMILES string of the molecule is CN(CC(=O)NCc1ccc(-c2ccc(Cl)cc2)o1)CC(=O)Nc1ccccc1C(F)(F)F. The molecule has 0 saturated carbocycles. The Morgan fingerprint density at radius 1 is 0.970 bits per heavy atom. The molecule has 0 aliphatic heterocycles. The number of benzene rings is 2. The molecule has 0 unspecified atom stereocenters. The van der Waals surface area contributed by atoms with Gasteiger partial charge in [0.1, 0.15) is 11.5 Å². The van der Waals surface area contributed by atoms with E-state index in [4.69, 9.17) is 16.0 Å². The minimum Gasteiger partial charge on any atom is -0.459 e. The molecule has 33 heavy (non-hydrogen) atoms. The minimum absolute atomic E-state index is 0.126. The van der Waals surface area contributed by atoms with Gasteiger partial charge in [-0.1, -0.05) is 23.7 Å². The molecule has 0 fully saturated rings. The fourth-order valence-corrected chi connectivity index (χ4v) is 3.19. The molecule has 2 amide bonds. The van der Waals surface area contributed by atoms with Gasteiger partial charge in [0.15, 0.2) is 0 Å². The van der Waals surface area contributed by atoms with Crippen molar-refractivity contribution in [1.29, 1.82) is 0 Å². The molecule has 1 heterocycles. The Morgan fingerprint density at radius 3 is 2.33 bits per heavy atom. The van der Waals surface area contributed by atoms with Gasteiger partial charge in [0.25, 0.3) is 0 Å². The summed E-state index contributed by atoms with van der Waals surface area (Å²) in [5.74, 6) is 0.132. The maximum atomic E-state index is 13.0. The number of furan rings is 1. The third-order valence-electron chi connectivity index (χ3n) is 4.58. The van der Waals surface area contributed by atoms with Crippen molar-refractivity contribution in [1.82, 2.24) is 10.2 Å². The largest absolute Gasteiger partial charge is 0.459 e. The Labute approximate surface area is 193 Å². The summed E-state index contributed by atoms with van der Waals surface area (Å²) in [4.78, 5) is 25.7. The summed E-state index contributed by atoms with van der Waals surface area (Å²) >= 11 is 5.87. The smallest absolute Gasteiger partial charge is 0.418 e. The van der Waals surface area contributed by atoms with Crippen molar-refractivity contribution in [2.45, 2.75) is 12.7 Å². The molecular formula is C23H21ClF3N3O3. The molecule has 1 aromatic heterocycles. The van der Waals surface area contributed by atoms with Crippen molar-refractivity contribution in [3.8, 4) is 11.3 Å². The zero-order valence-electron chi connectivity index (χ0n) is 17.6. The standard InChI is InChI=1S/C23H21ClF3N3O3/c1-30(14-22(32)29-19-5-3-2-4-18(19)23(25,26)27)13-21(31)28-12-17-10-11-20(33-17)15-6-8-16(24)9-7-15/h2-11H,12-14H2,1H3,(H,28,31)(H,29,32). The van der Waals surface area contributed by atoms with Crippen LogP contribution in [0.3, 0.4) is 0 Å². The van der Waals surface area contributed by atoms with Crippen LogP contribution in [-0.4, -0.2) is 36.9 Å². The van der Waals surface area contributed by atoms with E-state index >= 15 is 0 Å². The molecule has 2 N–H and O–H groups in total. The fourth-order valence-electron chi connectivity index (χ4n) is 3.06. The first-order chi connectivity index (χ1) is 15.6. The topological polar surface area (TPSA) is 74.6 Å². The molecule has 0 bridgehead atoms. The predicted molar refractivity (Wildman–Crippen MR) is 119 cm³/mol. The number of nitrogens with zero attached hydrogens (tertiary/aromatic N) is 1. The quantitative estimate of drug-likeness (QED) is 0.486. The molecule has 3 rings (SSSR count). The zero-order chi connectivity index (χ0) is 24.0. The van der Waals surface area contributed by atoms with E-state index < -0.39 is 17.6 Å². The highest BCUT2D eigenvalue weighted by Crippen LogP contribution is 2.34. The number of halogens is 4. The zero-order valence-corrected chi connectivity index (χ0v) is 18.3. The monoisotopic (exact) mass is 479 g/mol. The van der Waals surface area contributed by atoms with Gasteiger partial charge in [0.05, 0.1) is 30.9 Å². The highest BCUT2D eigenvalue weighted by atomic mass is 35.5. The van der Waals surface area contributed by atoms with Gasteiger partial charge in [-0.25, -0.2) is 0 Å². The third-order valence-corrected chi connectivity index (χ3v) is 4.84. The number of alkyl halides is 3. The highest BCUT2D eigenvalue weighted by Gasteiger charge is 2.33. The number of rotatable bonds is 8. The maximum Gasteiger partial charge on any atom is 0.418 e. The molecule has 3 aromatic rings. The first kappa shape index (κ1) is 24.3. The molecule has 6 nitrogen and oxygen atoms in total. The van der Waals surface area contributed by atoms with Crippen LogP contribution in [-0.2, 0) is 22.3 Å². The molecule has 0 atom stereocenters. The van der Waals surface area contributed by atoms with E-state index in [0.717, 1.165) is 11.6 Å². The van der Waals surface area contributed by atoms with Crippen LogP contribution in [0.2, 0.25) is 5.02 Å². The number of anilines is 1. The van der Waals surface area contributed by atoms with E-state index in [0.29, 0.717) is 16.5 Å². The summed E-state index contributed by atoms with van der Waals surface area (Å²) in [6, 6.07) is 15.3. The van der Waals surface area contributed by atoms with Gasteiger partial charge >= 0.3 is 6.18 Å². The van der Waals surface area contributed by atoms with E-state index in [1.165, 1.54) is 30.1 Å². The molecule has 0 aliphatic rings. The van der Waals surface area contributed by atoms with Crippen LogP contribution in [0.5, 0.6) is 0 Å². The second-order valence-electron chi connectivity index (χ2n) is 7.31. The first-order valence-corrected chi connectivity index (χ1v) is 10.3. The number of amides is 2. The molecule has 0 aliphatic carbocycles. The number of hydrogen-bond acceptors (Lipinski definition) is 4. The van der Waals surface area contributed by atoms with Gasteiger partial charge in [0, 0.05) is 10.6 Å². The van der Waals surface area contributed by atoms with Gasteiger partial charge in [-0.15, -0.1) is 0 Å². The Kier molecular flexibility index (Phi) is 7.78. The van der Waals surface area contributed by atoms with E-state index in [1.54, 1.807) is 24.3 Å². The average molecular weight is 480 g/mol. The summed E-state index contributed by atoms with van der Waals surface area (Å²) in [5, 5.41) is 5.54. The van der Waals surface area contributed by atoms with Crippen LogP contribution in [0.15, 0.2) is 65.1 Å². The van der Waals surface area contributed by atoms with E-state index in [2.05, 4.69) is 10.6 Å². The molecule has 0 saturated heterocycles. The van der Waals surface area contributed by atoms with E-state index in [-0.39, 0.29) is 31.2 Å². The van der Waals surface area contributed by atoms with Crippen LogP contribution in [0.25, 0.3) is 11.3 Å². The first-order valence-electron chi connectivity index (χ1n) is 9.88. The van der Waals surface area contributed by atoms with E-state index in [9.17, 15) is 22.8 Å². The lowest BCUT2D eigenvalue weighted by atomic mass is 10.1. The predicted octanol–water partition coefficient (Wildman–Crippen LogP) is 4.81. The van der Waals surface area contributed by atoms with Gasteiger partial charge in [-0.2, -0.15) is 13.2 Å². The summed E-state index contributed by atoms with van der Waals surface area (Å²) in [6.07, 6.45) is -4.59. The molecular weight excluding hydrogens is 459 g/mol. The Balaban J connectivity index is 1.46. The lowest BCUT2D eigenvalue weighted by molar-refractivity contribution is -0.137. The third kappa shape index (κ3) is 7.10. The van der Waals surface area contributed by atoms with Crippen LogP contribution < -0.4 is 10.6 Å². The van der Waals surface area contributed by atoms with Crippen LogP contribution in [0.1, 0.15) is 11.3 Å². The summed E-state index contributed by atoms with van der Waals surface area (Å²) in [7, 11) is 1.51. The van der Waals surface area contributed by atoms with Crippen molar-refractivity contribution in [3.05, 3.63) is 77.0 Å². The van der Waals surface area contributed by atoms with Crippen molar-refractivity contribution in [2.24, 2.45) is 0 Å². The van der Waals surface area contributed by atoms with Crippen LogP contribution >= 0.6 is 11.6 Å². The van der Waals surface area contributed by atoms with Crippen molar-refractivity contribution >= 4 is 29.1 Å². The second-order valence-corrected chi connectivity index (χ2v) is 7.75. The van der Waals surface area contributed by atoms with Gasteiger partial charge in [0.2, 0.25) is 11.8 Å². The average Bonchev–Trinajstić information content (AvgIpc) is 3.21. The number of carbonyl (C=O) groups is 2. The molecule has 0 radical (unpaired) electrons. The highest BCUT2D eigenvalue weighted by molar-refractivity contribution is 6.30. The van der Waals surface area contributed by atoms with Crippen LogP contribution in [0, 0.1) is 0 Å². The molecule has 174 valence electrons. The van der Waals surface area contributed by atoms with Gasteiger partial charge in [-0.05, 0) is 55.6 Å². The van der Waals surface area contributed by atoms with Crippen molar-refractivity contribution < 1.29 is 27.2 Å². The number of likely N-dealkylation sites (N-methyl/N-ethyl adjacent to an activating group) is 1. The summed E-state index contributed by atoms with van der Waals surface area (Å²) < 4.78 is 44.8. The van der Waals surface area contributed by atoms with Gasteiger partial charge in [-0.3, -0.25) is 14.5 Å². The molecule has 10 heteroatoms. The number of carbonyl (C=O) groups excluding carboxylic acids is 2. The fraction of sp³-hybridized carbons (Fsp3) is 0.217. The Morgan fingerprint density at radius 2 is 1.64 bits per heavy atom. The number of nitrogens with one attached hydrogen (secondary N) is 2. The Hall–Kier alpha value is -3.30. The summed E-state index contributed by atoms with van der Waals surface area (Å²) in [6.45, 7) is -0.244. The summed E-state index contributed by atoms with van der Waals surface area (Å²) in [5.41, 5.74) is -0.424. The molecule has 0 spiro atoms. The lowest BCUT2D eigenvalue weighted by Gasteiger charge is -2.17. The molecule has 2 aromatic carbocycles. The number of para-hydroxylation sites is 1. The normalized spacial score (nSPS) is 11.5. The Bertz CT molecular complexity index is 1110. The maximum absolute atomic E-state index is 13.0. The second kappa shape index (κ2) is 10.5. The van der Waals surface area contributed by atoms with Crippen molar-refractivity contribution in [3.63, 3.8) is 0 Å². The minimum atomic E-state index is -4.59. The van der Waals surface area contributed by atoms with E-state index in [1.807, 2.05) is 12.1 Å². The van der Waals surface area contributed by atoms with Crippen LogP contribution in [0.4, 0.5) is 18.9 Å². The van der Waals surface area contributed by atoms with Gasteiger partial charge < -0.3 is 15.1 Å².